The van der Waals surface area contributed by atoms with Gasteiger partial charge in [0, 0.05) is 20.0 Å². The van der Waals surface area contributed by atoms with E-state index in [1.165, 1.54) is 5.57 Å². The van der Waals surface area contributed by atoms with Crippen molar-refractivity contribution in [3.05, 3.63) is 11.6 Å². The first-order valence-electron chi connectivity index (χ1n) is 4.05. The highest BCUT2D eigenvalue weighted by Crippen LogP contribution is 1.89. The Bertz CT molecular complexity index is 157. The average Bonchev–Trinajstić information content (AvgIpc) is 2.06. The average molecular weight is 154 g/mol. The second-order valence-corrected chi connectivity index (χ2v) is 2.51. The van der Waals surface area contributed by atoms with Crippen molar-refractivity contribution in [1.82, 2.24) is 5.32 Å². The zero-order chi connectivity index (χ0) is 8.69. The van der Waals surface area contributed by atoms with Crippen LogP contribution in [0.5, 0.6) is 0 Å². The zero-order valence-corrected chi connectivity index (χ0v) is 7.94. The molecule has 64 valence electrons. The van der Waals surface area contributed by atoms with Crippen LogP contribution in [0.1, 0.15) is 27.2 Å². The lowest BCUT2D eigenvalue weighted by molar-refractivity contribution is 0.942. The van der Waals surface area contributed by atoms with Crippen LogP contribution in [0, 0.1) is 0 Å². The maximum Gasteiger partial charge on any atom is 0.0959 e. The third-order valence-electron chi connectivity index (χ3n) is 1.67. The SMILES string of the molecule is CC=C(C)CNC(CC)=NC. The van der Waals surface area contributed by atoms with Crippen LogP contribution in [0.2, 0.25) is 0 Å². The smallest absolute Gasteiger partial charge is 0.0959 e. The van der Waals surface area contributed by atoms with Gasteiger partial charge in [-0.05, 0) is 13.8 Å². The fourth-order valence-electron chi connectivity index (χ4n) is 0.706. The summed E-state index contributed by atoms with van der Waals surface area (Å²) in [6.07, 6.45) is 3.09. The molecule has 0 rings (SSSR count). The topological polar surface area (TPSA) is 24.4 Å². The Labute approximate surface area is 69.4 Å². The first-order chi connectivity index (χ1) is 5.24. The van der Waals surface area contributed by atoms with Crippen LogP contribution in [0.25, 0.3) is 0 Å². The van der Waals surface area contributed by atoms with Crippen LogP contribution in [0.4, 0.5) is 0 Å². The summed E-state index contributed by atoms with van der Waals surface area (Å²) in [6, 6.07) is 0. The summed E-state index contributed by atoms with van der Waals surface area (Å²) in [5.41, 5.74) is 1.35. The molecule has 0 unspecified atom stereocenters. The standard InChI is InChI=1S/C9H18N2/c1-5-8(3)7-11-9(6-2)10-4/h5H,6-7H2,1-4H3,(H,10,11). The van der Waals surface area contributed by atoms with Gasteiger partial charge in [-0.1, -0.05) is 18.6 Å². The molecule has 0 aliphatic rings. The Balaban J connectivity index is 3.69. The van der Waals surface area contributed by atoms with Crippen molar-refractivity contribution in [2.24, 2.45) is 4.99 Å². The van der Waals surface area contributed by atoms with E-state index in [-0.39, 0.29) is 0 Å². The van der Waals surface area contributed by atoms with E-state index in [1.54, 1.807) is 0 Å². The molecule has 0 amide bonds. The lowest BCUT2D eigenvalue weighted by Gasteiger charge is -2.06. The Morgan fingerprint density at radius 2 is 2.18 bits per heavy atom. The van der Waals surface area contributed by atoms with E-state index in [0.717, 1.165) is 18.8 Å². The largest absolute Gasteiger partial charge is 0.370 e. The molecule has 0 bridgehead atoms. The Morgan fingerprint density at radius 3 is 2.55 bits per heavy atom. The molecule has 0 aromatic carbocycles. The second-order valence-electron chi connectivity index (χ2n) is 2.51. The summed E-state index contributed by atoms with van der Waals surface area (Å²) in [5.74, 6) is 1.08. The quantitative estimate of drug-likeness (QED) is 0.375. The molecule has 0 saturated carbocycles. The first-order valence-corrected chi connectivity index (χ1v) is 4.05. The van der Waals surface area contributed by atoms with Gasteiger partial charge in [0.1, 0.15) is 0 Å². The van der Waals surface area contributed by atoms with Crippen molar-refractivity contribution in [3.63, 3.8) is 0 Å². The molecule has 0 aromatic rings. The van der Waals surface area contributed by atoms with Crippen molar-refractivity contribution >= 4 is 5.84 Å². The van der Waals surface area contributed by atoms with Crippen molar-refractivity contribution in [2.45, 2.75) is 27.2 Å². The van der Waals surface area contributed by atoms with Crippen LogP contribution < -0.4 is 5.32 Å². The molecule has 0 aliphatic carbocycles. The van der Waals surface area contributed by atoms with Crippen LogP contribution in [0.15, 0.2) is 16.6 Å². The number of nitrogens with zero attached hydrogens (tertiary/aromatic N) is 1. The van der Waals surface area contributed by atoms with Crippen molar-refractivity contribution < 1.29 is 0 Å². The molecule has 1 N–H and O–H groups in total. The van der Waals surface area contributed by atoms with E-state index in [1.807, 2.05) is 14.0 Å². The molecule has 2 heteroatoms. The highest BCUT2D eigenvalue weighted by atomic mass is 15.0. The highest BCUT2D eigenvalue weighted by Gasteiger charge is 1.91. The summed E-state index contributed by atoms with van der Waals surface area (Å²) in [5, 5.41) is 3.25. The van der Waals surface area contributed by atoms with Crippen molar-refractivity contribution in [3.8, 4) is 0 Å². The van der Waals surface area contributed by atoms with Gasteiger partial charge in [-0.2, -0.15) is 0 Å². The van der Waals surface area contributed by atoms with Crippen LogP contribution in [0.3, 0.4) is 0 Å². The first kappa shape index (κ1) is 10.2. The number of allylic oxidation sites excluding steroid dienone is 1. The van der Waals surface area contributed by atoms with Gasteiger partial charge in [0.2, 0.25) is 0 Å². The van der Waals surface area contributed by atoms with E-state index >= 15 is 0 Å². The van der Waals surface area contributed by atoms with E-state index < -0.39 is 0 Å². The van der Waals surface area contributed by atoms with Gasteiger partial charge in [0.05, 0.1) is 5.84 Å². The summed E-state index contributed by atoms with van der Waals surface area (Å²) in [6.45, 7) is 7.17. The third kappa shape index (κ3) is 4.59. The minimum atomic E-state index is 0.914. The predicted molar refractivity (Wildman–Crippen MR) is 51.1 cm³/mol. The number of rotatable bonds is 3. The number of nitrogens with one attached hydrogen (secondary N) is 1. The molecule has 0 aliphatic heterocycles. The molecular weight excluding hydrogens is 136 g/mol. The van der Waals surface area contributed by atoms with E-state index in [0.29, 0.717) is 0 Å². The van der Waals surface area contributed by atoms with Crippen molar-refractivity contribution in [2.75, 3.05) is 13.6 Å². The fraction of sp³-hybridized carbons (Fsp3) is 0.667. The van der Waals surface area contributed by atoms with Gasteiger partial charge in [0.25, 0.3) is 0 Å². The highest BCUT2D eigenvalue weighted by molar-refractivity contribution is 5.81. The van der Waals surface area contributed by atoms with Gasteiger partial charge >= 0.3 is 0 Å². The van der Waals surface area contributed by atoms with E-state index in [2.05, 4.69) is 30.2 Å². The molecule has 0 saturated heterocycles. The molecular formula is C9H18N2. The predicted octanol–water partition coefficient (Wildman–Crippen LogP) is 1.98. The molecule has 0 heterocycles. The van der Waals surface area contributed by atoms with Crippen molar-refractivity contribution in [1.29, 1.82) is 0 Å². The maximum atomic E-state index is 4.09. The van der Waals surface area contributed by atoms with Crippen LogP contribution in [-0.2, 0) is 0 Å². The molecule has 0 fully saturated rings. The van der Waals surface area contributed by atoms with Gasteiger partial charge in [-0.15, -0.1) is 0 Å². The van der Waals surface area contributed by atoms with Gasteiger partial charge in [0.15, 0.2) is 0 Å². The van der Waals surface area contributed by atoms with Crippen LogP contribution >= 0.6 is 0 Å². The van der Waals surface area contributed by atoms with Gasteiger partial charge in [-0.3, -0.25) is 4.99 Å². The lowest BCUT2D eigenvalue weighted by atomic mass is 10.3. The maximum absolute atomic E-state index is 4.09. The third-order valence-corrected chi connectivity index (χ3v) is 1.67. The zero-order valence-electron chi connectivity index (χ0n) is 7.94. The van der Waals surface area contributed by atoms with E-state index in [9.17, 15) is 0 Å². The van der Waals surface area contributed by atoms with E-state index in [4.69, 9.17) is 0 Å². The molecule has 0 radical (unpaired) electrons. The van der Waals surface area contributed by atoms with Crippen LogP contribution in [-0.4, -0.2) is 19.4 Å². The molecule has 2 nitrogen and oxygen atoms in total. The second kappa shape index (κ2) is 5.96. The summed E-state index contributed by atoms with van der Waals surface area (Å²) < 4.78 is 0. The molecule has 0 atom stereocenters. The monoisotopic (exact) mass is 154 g/mol. The normalized spacial score (nSPS) is 13.5. The molecule has 0 aromatic heterocycles. The van der Waals surface area contributed by atoms with Gasteiger partial charge in [-0.25, -0.2) is 0 Å². The number of hydrogen-bond acceptors (Lipinski definition) is 1. The van der Waals surface area contributed by atoms with Gasteiger partial charge < -0.3 is 5.32 Å². The number of amidine groups is 1. The number of hydrogen-bond donors (Lipinski definition) is 1. The lowest BCUT2D eigenvalue weighted by Crippen LogP contribution is -2.24. The Hall–Kier alpha value is -0.790. The number of aliphatic imine (C=N–C) groups is 1. The molecule has 0 spiro atoms. The Morgan fingerprint density at radius 1 is 1.55 bits per heavy atom. The summed E-state index contributed by atoms with van der Waals surface area (Å²) >= 11 is 0. The minimum absolute atomic E-state index is 0.914. The fourth-order valence-corrected chi connectivity index (χ4v) is 0.706. The summed E-state index contributed by atoms with van der Waals surface area (Å²) in [7, 11) is 1.82. The summed E-state index contributed by atoms with van der Waals surface area (Å²) in [4.78, 5) is 4.09. The molecule has 11 heavy (non-hydrogen) atoms. The minimum Gasteiger partial charge on any atom is -0.370 e. The Kier molecular flexibility index (Phi) is 5.53.